The highest BCUT2D eigenvalue weighted by molar-refractivity contribution is 7.14. The summed E-state index contributed by atoms with van der Waals surface area (Å²) in [5.74, 6) is -0.825. The number of ether oxygens (including phenoxy) is 1. The fraction of sp³-hybridized carbons (Fsp3) is 0.457. The third-order valence-corrected chi connectivity index (χ3v) is 9.41. The number of unbranched alkanes of at least 4 members (excludes halogenated alkanes) is 4. The molecule has 2 N–H and O–H groups in total. The summed E-state index contributed by atoms with van der Waals surface area (Å²) in [6.45, 7) is 7.72. The molecule has 0 aliphatic carbocycles. The lowest BCUT2D eigenvalue weighted by Gasteiger charge is -2.35. The van der Waals surface area contributed by atoms with Crippen molar-refractivity contribution in [2.45, 2.75) is 77.4 Å². The van der Waals surface area contributed by atoms with Crippen molar-refractivity contribution in [1.29, 1.82) is 0 Å². The van der Waals surface area contributed by atoms with Gasteiger partial charge in [0.1, 0.15) is 5.00 Å². The lowest BCUT2D eigenvalue weighted by molar-refractivity contribution is -0.126. The number of fused-ring (bicyclic) bond motifs is 1. The van der Waals surface area contributed by atoms with Crippen LogP contribution >= 0.6 is 11.3 Å². The average Bonchev–Trinajstić information content (AvgIpc) is 3.67. The van der Waals surface area contributed by atoms with E-state index in [1.165, 1.54) is 35.6 Å². The molecule has 3 heterocycles. The summed E-state index contributed by atoms with van der Waals surface area (Å²) >= 11 is 1.31. The van der Waals surface area contributed by atoms with Crippen LogP contribution in [0.2, 0.25) is 0 Å². The minimum atomic E-state index is -1.73. The van der Waals surface area contributed by atoms with Crippen molar-refractivity contribution in [2.24, 2.45) is 0 Å². The maximum Gasteiger partial charge on any atom is 0.429 e. The Kier molecular flexibility index (Phi) is 11.3. The first-order valence-electron chi connectivity index (χ1n) is 16.3. The van der Waals surface area contributed by atoms with Crippen molar-refractivity contribution >= 4 is 39.9 Å². The number of hydrogen-bond acceptors (Lipinski definition) is 7. The summed E-state index contributed by atoms with van der Waals surface area (Å²) in [7, 11) is 0. The summed E-state index contributed by atoms with van der Waals surface area (Å²) in [6.07, 6.45) is 8.25. The molecular formula is C35H45N5O4S. The number of likely N-dealkylation sites (tertiary alicyclic amines) is 1. The van der Waals surface area contributed by atoms with Crippen LogP contribution in [0.15, 0.2) is 66.0 Å². The predicted octanol–water partition coefficient (Wildman–Crippen LogP) is 6.80. The Balaban J connectivity index is 1.39. The molecule has 0 spiro atoms. The number of amides is 3. The molecule has 0 radical (unpaired) electrons. The molecule has 10 heteroatoms. The Morgan fingerprint density at radius 3 is 2.38 bits per heavy atom. The van der Waals surface area contributed by atoms with Crippen molar-refractivity contribution in [3.63, 3.8) is 0 Å². The van der Waals surface area contributed by atoms with Gasteiger partial charge < -0.3 is 15.0 Å². The van der Waals surface area contributed by atoms with Gasteiger partial charge in [0.05, 0.1) is 6.61 Å². The maximum absolute atomic E-state index is 14.6. The van der Waals surface area contributed by atoms with E-state index in [0.717, 1.165) is 57.3 Å². The standard InChI is InChI=1S/C35H45N5O4S/c1-3-5-6-7-14-24-44-34(43)40-32-30(21-25-45-32)35(37-40,33(42)39(4-2)29-15-10-8-11-16-29)36-31(41)28-19-17-27(18-20-28)26-38-22-12-9-13-23-38/h8,10-11,15-21,25,37H,3-7,9,12-14,22-24,26H2,1-2H3,(H,36,41). The van der Waals surface area contributed by atoms with Gasteiger partial charge in [-0.05, 0) is 80.6 Å². The highest BCUT2D eigenvalue weighted by Crippen LogP contribution is 2.42. The smallest absolute Gasteiger partial charge is 0.429 e. The number of rotatable bonds is 13. The number of para-hydroxylation sites is 1. The molecule has 1 atom stereocenters. The van der Waals surface area contributed by atoms with E-state index in [1.807, 2.05) is 54.8 Å². The van der Waals surface area contributed by atoms with Gasteiger partial charge in [-0.2, -0.15) is 10.4 Å². The second kappa shape index (κ2) is 15.5. The van der Waals surface area contributed by atoms with E-state index in [2.05, 4.69) is 22.6 Å². The second-order valence-electron chi connectivity index (χ2n) is 11.7. The van der Waals surface area contributed by atoms with Crippen molar-refractivity contribution in [2.75, 3.05) is 36.1 Å². The van der Waals surface area contributed by atoms with Crippen LogP contribution in [-0.2, 0) is 21.7 Å². The summed E-state index contributed by atoms with van der Waals surface area (Å²) in [5.41, 5.74) is 4.13. The number of piperidine rings is 1. The number of anilines is 2. The Morgan fingerprint density at radius 1 is 0.933 bits per heavy atom. The molecule has 9 nitrogen and oxygen atoms in total. The third-order valence-electron chi connectivity index (χ3n) is 8.51. The molecule has 3 amide bonds. The molecule has 2 aliphatic rings. The zero-order chi connectivity index (χ0) is 31.6. The molecule has 45 heavy (non-hydrogen) atoms. The lowest BCUT2D eigenvalue weighted by Crippen LogP contribution is -2.66. The summed E-state index contributed by atoms with van der Waals surface area (Å²) in [5, 5.41) is 6.62. The van der Waals surface area contributed by atoms with E-state index in [0.29, 0.717) is 28.4 Å². The molecule has 2 aliphatic heterocycles. The predicted molar refractivity (Wildman–Crippen MR) is 179 cm³/mol. The van der Waals surface area contributed by atoms with Crippen molar-refractivity contribution < 1.29 is 19.1 Å². The van der Waals surface area contributed by atoms with Crippen molar-refractivity contribution in [1.82, 2.24) is 15.6 Å². The van der Waals surface area contributed by atoms with E-state index in [4.69, 9.17) is 4.74 Å². The SMILES string of the molecule is CCCCCCCOC(=O)N1NC(NC(=O)c2ccc(CN3CCCCC3)cc2)(C(=O)N(CC)c2ccccc2)c2ccsc21. The second-order valence-corrected chi connectivity index (χ2v) is 12.6. The van der Waals surface area contributed by atoms with E-state index in [1.54, 1.807) is 23.1 Å². The highest BCUT2D eigenvalue weighted by atomic mass is 32.1. The largest absolute Gasteiger partial charge is 0.448 e. The van der Waals surface area contributed by atoms with Gasteiger partial charge in [0.25, 0.3) is 11.8 Å². The highest BCUT2D eigenvalue weighted by Gasteiger charge is 2.54. The average molecular weight is 632 g/mol. The Morgan fingerprint density at radius 2 is 1.67 bits per heavy atom. The first kappa shape index (κ1) is 32.7. The molecule has 0 saturated carbocycles. The van der Waals surface area contributed by atoms with E-state index >= 15 is 0 Å². The third kappa shape index (κ3) is 7.57. The Labute approximate surface area is 270 Å². The number of benzene rings is 2. The van der Waals surface area contributed by atoms with Crippen LogP contribution in [0.25, 0.3) is 0 Å². The van der Waals surface area contributed by atoms with Gasteiger partial charge in [-0.1, -0.05) is 69.4 Å². The number of hydrogen-bond donors (Lipinski definition) is 2. The number of likely N-dealkylation sites (N-methyl/N-ethyl adjacent to an activating group) is 1. The molecule has 1 aromatic heterocycles. The van der Waals surface area contributed by atoms with Crippen LogP contribution in [0.4, 0.5) is 15.5 Å². The Bertz CT molecular complexity index is 1420. The fourth-order valence-corrected chi connectivity index (χ4v) is 6.95. The van der Waals surface area contributed by atoms with Crippen molar-refractivity contribution in [3.8, 4) is 0 Å². The monoisotopic (exact) mass is 631 g/mol. The number of thiophene rings is 1. The number of hydrazine groups is 1. The molecule has 1 fully saturated rings. The van der Waals surface area contributed by atoms with Gasteiger partial charge in [-0.25, -0.2) is 4.79 Å². The van der Waals surface area contributed by atoms with Crippen LogP contribution in [0, 0.1) is 0 Å². The zero-order valence-electron chi connectivity index (χ0n) is 26.4. The number of nitrogens with zero attached hydrogens (tertiary/aromatic N) is 3. The van der Waals surface area contributed by atoms with E-state index in [-0.39, 0.29) is 6.61 Å². The first-order valence-corrected chi connectivity index (χ1v) is 17.2. The van der Waals surface area contributed by atoms with Gasteiger partial charge in [0.2, 0.25) is 5.66 Å². The summed E-state index contributed by atoms with van der Waals surface area (Å²) < 4.78 is 5.63. The minimum absolute atomic E-state index is 0.281. The minimum Gasteiger partial charge on any atom is -0.448 e. The molecule has 3 aromatic rings. The van der Waals surface area contributed by atoms with Crippen LogP contribution in [0.1, 0.15) is 86.7 Å². The van der Waals surface area contributed by atoms with Crippen LogP contribution in [0.3, 0.4) is 0 Å². The molecule has 0 bridgehead atoms. The molecule has 1 saturated heterocycles. The normalized spacial score (nSPS) is 18.0. The van der Waals surface area contributed by atoms with Gasteiger partial charge in [0.15, 0.2) is 0 Å². The number of carbonyl (C=O) groups excluding carboxylic acids is 3. The Hall–Kier alpha value is -3.73. The van der Waals surface area contributed by atoms with Crippen molar-refractivity contribution in [3.05, 3.63) is 82.7 Å². The molecule has 5 rings (SSSR count). The summed E-state index contributed by atoms with van der Waals surface area (Å²) in [4.78, 5) is 45.9. The molecule has 240 valence electrons. The van der Waals surface area contributed by atoms with Gasteiger partial charge in [-0.3, -0.25) is 14.5 Å². The molecular weight excluding hydrogens is 586 g/mol. The van der Waals surface area contributed by atoms with Crippen LogP contribution in [0.5, 0.6) is 0 Å². The van der Waals surface area contributed by atoms with Crippen LogP contribution < -0.4 is 20.7 Å². The molecule has 2 aromatic carbocycles. The number of carbonyl (C=O) groups is 3. The van der Waals surface area contributed by atoms with Gasteiger partial charge in [-0.15, -0.1) is 11.3 Å². The maximum atomic E-state index is 14.6. The quantitative estimate of drug-likeness (QED) is 0.202. The van der Waals surface area contributed by atoms with Crippen LogP contribution in [-0.4, -0.2) is 49.0 Å². The molecule has 1 unspecified atom stereocenters. The lowest BCUT2D eigenvalue weighted by atomic mass is 10.00. The first-order chi connectivity index (χ1) is 22.0. The topological polar surface area (TPSA) is 94.2 Å². The van der Waals surface area contributed by atoms with Gasteiger partial charge in [0, 0.05) is 29.9 Å². The summed E-state index contributed by atoms with van der Waals surface area (Å²) in [6, 6.07) is 18.7. The van der Waals surface area contributed by atoms with Gasteiger partial charge >= 0.3 is 6.09 Å². The van der Waals surface area contributed by atoms with E-state index in [9.17, 15) is 14.4 Å². The zero-order valence-corrected chi connectivity index (χ0v) is 27.2. The number of nitrogens with one attached hydrogen (secondary N) is 2. The van der Waals surface area contributed by atoms with E-state index < -0.39 is 23.6 Å². The fourth-order valence-electron chi connectivity index (χ4n) is 6.04.